The number of anilines is 2. The highest BCUT2D eigenvalue weighted by molar-refractivity contribution is 6.65. The number of para-hydroxylation sites is 2. The molecule has 0 amide bonds. The van der Waals surface area contributed by atoms with E-state index in [0.29, 0.717) is 71.9 Å². The molecule has 4 saturated heterocycles. The van der Waals surface area contributed by atoms with E-state index in [0.717, 1.165) is 31.4 Å². The fourth-order valence-corrected chi connectivity index (χ4v) is 16.8. The maximum absolute atomic E-state index is 5.21. The lowest BCUT2D eigenvalue weighted by Crippen LogP contribution is -2.73. The quantitative estimate of drug-likeness (QED) is 0.263. The zero-order chi connectivity index (χ0) is 36.9. The molecule has 2 N–H and O–H groups in total. The van der Waals surface area contributed by atoms with Crippen molar-refractivity contribution >= 4 is 18.1 Å². The van der Waals surface area contributed by atoms with Gasteiger partial charge in [-0.3, -0.25) is 4.98 Å². The normalized spacial score (nSPS) is 42.0. The first kappa shape index (κ1) is 33.1. The van der Waals surface area contributed by atoms with Crippen molar-refractivity contribution < 1.29 is 0 Å². The number of pyridine rings is 1. The minimum Gasteiger partial charge on any atom is -0.352 e. The molecule has 8 aliphatic heterocycles. The number of piperidine rings is 2. The summed E-state index contributed by atoms with van der Waals surface area (Å²) in [5.74, 6) is 7.39. The van der Waals surface area contributed by atoms with Gasteiger partial charge in [0.1, 0.15) is 11.6 Å². The van der Waals surface area contributed by atoms with Gasteiger partial charge in [0.2, 0.25) is 0 Å². The highest BCUT2D eigenvalue weighted by atomic mass is 15.5. The molecule has 292 valence electrons. The molecular weight excluding hydrogens is 697 g/mol. The van der Waals surface area contributed by atoms with Gasteiger partial charge in [-0.2, -0.15) is 0 Å². The van der Waals surface area contributed by atoms with Crippen LogP contribution in [0.5, 0.6) is 0 Å². The predicted octanol–water partition coefficient (Wildman–Crippen LogP) is 8.00. The van der Waals surface area contributed by atoms with Gasteiger partial charge in [-0.1, -0.05) is 68.1 Å². The molecule has 12 atom stereocenters. The summed E-state index contributed by atoms with van der Waals surface area (Å²) in [6.45, 7) is 3.14. The van der Waals surface area contributed by atoms with Crippen LogP contribution in [-0.4, -0.2) is 82.9 Å². The highest BCUT2D eigenvalue weighted by Crippen LogP contribution is 2.70. The molecule has 3 aliphatic carbocycles. The molecule has 57 heavy (non-hydrogen) atoms. The summed E-state index contributed by atoms with van der Waals surface area (Å²) < 4.78 is 0. The van der Waals surface area contributed by atoms with E-state index in [1.54, 1.807) is 11.6 Å². The van der Waals surface area contributed by atoms with Gasteiger partial charge >= 0.3 is 0 Å². The van der Waals surface area contributed by atoms with Gasteiger partial charge in [0.25, 0.3) is 0 Å². The summed E-state index contributed by atoms with van der Waals surface area (Å²) in [6.07, 6.45) is 18.1. The van der Waals surface area contributed by atoms with Gasteiger partial charge < -0.3 is 30.2 Å². The molecule has 0 spiro atoms. The fourth-order valence-electron chi connectivity index (χ4n) is 16.8. The van der Waals surface area contributed by atoms with Crippen molar-refractivity contribution in [2.24, 2.45) is 11.8 Å². The van der Waals surface area contributed by atoms with E-state index >= 15 is 0 Å². The van der Waals surface area contributed by atoms with Gasteiger partial charge in [-0.15, -0.1) is 0 Å². The Labute approximate surface area is 339 Å². The van der Waals surface area contributed by atoms with E-state index < -0.39 is 0 Å². The minimum absolute atomic E-state index is 0.462. The molecule has 7 nitrogen and oxygen atoms in total. The van der Waals surface area contributed by atoms with E-state index in [2.05, 4.69) is 115 Å². The van der Waals surface area contributed by atoms with E-state index in [4.69, 9.17) is 4.98 Å². The number of nitrogens with one attached hydrogen (secondary N) is 2. The number of rotatable bonds is 3. The molecule has 3 aromatic rings. The molecule has 12 unspecified atom stereocenters. The molecule has 9 heterocycles. The topological polar surface area (TPSA) is 49.9 Å². The van der Waals surface area contributed by atoms with Crippen LogP contribution in [0.3, 0.4) is 0 Å². The molecule has 0 bridgehead atoms. The van der Waals surface area contributed by atoms with Crippen LogP contribution in [0.4, 0.5) is 11.4 Å². The molecular formula is C49H58BN7. The average Bonchev–Trinajstić information content (AvgIpc) is 4.00. The summed E-state index contributed by atoms with van der Waals surface area (Å²) in [5, 5.41) is 8.39. The first-order valence-corrected chi connectivity index (χ1v) is 23.5. The summed E-state index contributed by atoms with van der Waals surface area (Å²) in [7, 11) is 0. The van der Waals surface area contributed by atoms with Gasteiger partial charge in [0.15, 0.2) is 6.71 Å². The molecule has 0 radical (unpaired) electrons. The Morgan fingerprint density at radius 3 is 1.58 bits per heavy atom. The van der Waals surface area contributed by atoms with E-state index in [9.17, 15) is 0 Å². The van der Waals surface area contributed by atoms with Crippen LogP contribution in [0, 0.1) is 11.8 Å². The molecule has 11 aliphatic rings. The molecule has 7 fully saturated rings. The Balaban J connectivity index is 0.975. The minimum atomic E-state index is 0.462. The van der Waals surface area contributed by atoms with Crippen molar-refractivity contribution in [2.45, 2.75) is 149 Å². The maximum atomic E-state index is 5.21. The zero-order valence-electron chi connectivity index (χ0n) is 33.4. The van der Waals surface area contributed by atoms with Crippen molar-refractivity contribution in [3.05, 3.63) is 114 Å². The summed E-state index contributed by atoms with van der Waals surface area (Å²) in [6, 6.07) is 34.4. The Hall–Kier alpha value is -3.75. The largest absolute Gasteiger partial charge is 0.352 e. The van der Waals surface area contributed by atoms with Crippen molar-refractivity contribution in [1.29, 1.82) is 0 Å². The number of aromatic nitrogens is 1. The summed E-state index contributed by atoms with van der Waals surface area (Å²) >= 11 is 0. The van der Waals surface area contributed by atoms with Crippen LogP contribution in [0.25, 0.3) is 0 Å². The third kappa shape index (κ3) is 4.35. The van der Waals surface area contributed by atoms with E-state index in [1.165, 1.54) is 94.1 Å². The van der Waals surface area contributed by atoms with Crippen LogP contribution >= 0.6 is 0 Å². The first-order chi connectivity index (χ1) is 28.3. The second-order valence-corrected chi connectivity index (χ2v) is 20.2. The third-order valence-electron chi connectivity index (χ3n) is 18.2. The zero-order valence-corrected chi connectivity index (χ0v) is 33.4. The summed E-state index contributed by atoms with van der Waals surface area (Å²) in [4.78, 5) is 17.5. The van der Waals surface area contributed by atoms with Crippen molar-refractivity contribution in [3.8, 4) is 0 Å². The number of hydrogen-bond acceptors (Lipinski definition) is 7. The maximum Gasteiger partial charge on any atom is 0.159 e. The number of benzene rings is 2. The number of hydrogen-bond donors (Lipinski definition) is 2. The molecule has 3 saturated carbocycles. The van der Waals surface area contributed by atoms with Gasteiger partial charge in [0, 0.05) is 65.2 Å². The third-order valence-corrected chi connectivity index (χ3v) is 18.2. The van der Waals surface area contributed by atoms with Crippen molar-refractivity contribution in [3.63, 3.8) is 0 Å². The number of nitrogens with zero attached hydrogens (tertiary/aromatic N) is 5. The Bertz CT molecular complexity index is 2000. The molecule has 1 aromatic heterocycles. The summed E-state index contributed by atoms with van der Waals surface area (Å²) in [5.41, 5.74) is 7.81. The molecule has 14 rings (SSSR count). The van der Waals surface area contributed by atoms with Crippen LogP contribution in [0.2, 0.25) is 17.5 Å². The fraction of sp³-hybridized carbons (Fsp3) is 0.571. The Morgan fingerprint density at radius 1 is 0.544 bits per heavy atom. The highest BCUT2D eigenvalue weighted by Gasteiger charge is 2.72. The van der Waals surface area contributed by atoms with E-state index in [1.807, 2.05) is 11.1 Å². The molecule has 8 heteroatoms. The van der Waals surface area contributed by atoms with Crippen molar-refractivity contribution in [1.82, 2.24) is 25.4 Å². The Morgan fingerprint density at radius 2 is 1.07 bits per heavy atom. The second kappa shape index (κ2) is 12.4. The predicted molar refractivity (Wildman–Crippen MR) is 228 cm³/mol. The lowest BCUT2D eigenvalue weighted by atomic mass is 9.18. The smallest absolute Gasteiger partial charge is 0.159 e. The monoisotopic (exact) mass is 755 g/mol. The Kier molecular flexibility index (Phi) is 7.20. The van der Waals surface area contributed by atoms with Crippen LogP contribution < -0.4 is 20.4 Å². The lowest BCUT2D eigenvalue weighted by molar-refractivity contribution is 0.00892. The molecule has 2 aromatic carbocycles. The first-order valence-electron chi connectivity index (χ1n) is 23.5. The van der Waals surface area contributed by atoms with Crippen LogP contribution in [0.15, 0.2) is 108 Å². The standard InChI is InChI=1S/C49H58BN7/c1-3-13-30(14-4-1)54-37-22-11-25-52-44(37)41-32-17-9-19-34-46(32)56(48(41)54)39-27-29(36-21-7-8-24-51-36)28-40-43(39)50(34)35-20-10-18-33-42-45-38(23-12-26-53-45)55(31-15-5-2-6-16-31)49(42)57(40)47(33)35/h1-8,13-16,21,24,29,32-35,37-40,43-47,52-53H,9-12,17-20,22-23,25-28H2. The van der Waals surface area contributed by atoms with Gasteiger partial charge in [-0.25, -0.2) is 0 Å². The van der Waals surface area contributed by atoms with Gasteiger partial charge in [0.05, 0.1) is 24.2 Å². The second-order valence-electron chi connectivity index (χ2n) is 20.2. The SMILES string of the molecule is c1ccc(N2C3=C(C4CCCC5B6C7CCCC8C9=C(N(c%10ccccc%10)C%10CCCNC9%10)N(C9CC(c%10ccccn%10)CC(C69)N3C54)C78)C3NCCCC32)cc1. The average molecular weight is 756 g/mol. The van der Waals surface area contributed by atoms with E-state index in [-0.39, 0.29) is 0 Å². The van der Waals surface area contributed by atoms with Crippen LogP contribution in [0.1, 0.15) is 88.7 Å². The lowest BCUT2D eigenvalue weighted by Gasteiger charge is -2.68. The van der Waals surface area contributed by atoms with Crippen LogP contribution in [-0.2, 0) is 0 Å². The van der Waals surface area contributed by atoms with Gasteiger partial charge in [-0.05, 0) is 129 Å². The van der Waals surface area contributed by atoms with Crippen molar-refractivity contribution in [2.75, 3.05) is 22.9 Å². The number of fused-ring (bicyclic) bond motifs is 12.